The number of carbonyl (C=O) groups is 1. The molecule has 0 aromatic heterocycles. The second-order valence-electron chi connectivity index (χ2n) is 3.77. The van der Waals surface area contributed by atoms with E-state index in [1.807, 2.05) is 0 Å². The zero-order chi connectivity index (χ0) is 11.0. The van der Waals surface area contributed by atoms with E-state index >= 15 is 0 Å². The summed E-state index contributed by atoms with van der Waals surface area (Å²) in [4.78, 5) is 10.6. The number of hydrogen-bond donors (Lipinski definition) is 2. The number of amides is 1. The van der Waals surface area contributed by atoms with Gasteiger partial charge >= 0.3 is 0 Å². The molecule has 0 fully saturated rings. The molecule has 84 valence electrons. The Kier molecular flexibility index (Phi) is 7.42. The highest BCUT2D eigenvalue weighted by Crippen LogP contribution is 2.05. The second-order valence-corrected chi connectivity index (χ2v) is 3.77. The summed E-state index contributed by atoms with van der Waals surface area (Å²) in [5, 5.41) is 0. The van der Waals surface area contributed by atoms with E-state index in [0.717, 1.165) is 6.61 Å². The van der Waals surface area contributed by atoms with Gasteiger partial charge in [-0.2, -0.15) is 0 Å². The minimum absolute atomic E-state index is 0.463. The SMILES string of the molecule is CCCC(C)COCCC(N)C(N)=O. The van der Waals surface area contributed by atoms with Crippen LogP contribution in [0.1, 0.15) is 33.1 Å². The average molecular weight is 202 g/mol. The number of carbonyl (C=O) groups excluding carboxylic acids is 1. The lowest BCUT2D eigenvalue weighted by Crippen LogP contribution is -2.37. The molecule has 0 bridgehead atoms. The van der Waals surface area contributed by atoms with Crippen LogP contribution in [-0.4, -0.2) is 25.2 Å². The van der Waals surface area contributed by atoms with Crippen molar-refractivity contribution in [2.24, 2.45) is 17.4 Å². The van der Waals surface area contributed by atoms with E-state index in [0.29, 0.717) is 18.9 Å². The Hall–Kier alpha value is -0.610. The molecule has 0 aliphatic heterocycles. The molecular weight excluding hydrogens is 180 g/mol. The summed E-state index contributed by atoms with van der Waals surface area (Å²) in [6, 6.07) is -0.573. The van der Waals surface area contributed by atoms with Crippen LogP contribution in [0.15, 0.2) is 0 Å². The zero-order valence-corrected chi connectivity index (χ0v) is 9.16. The van der Waals surface area contributed by atoms with Crippen LogP contribution in [0.5, 0.6) is 0 Å². The largest absolute Gasteiger partial charge is 0.381 e. The van der Waals surface area contributed by atoms with Crippen LogP contribution in [0.4, 0.5) is 0 Å². The van der Waals surface area contributed by atoms with Crippen molar-refractivity contribution in [3.05, 3.63) is 0 Å². The van der Waals surface area contributed by atoms with Crippen LogP contribution in [0, 0.1) is 5.92 Å². The summed E-state index contributed by atoms with van der Waals surface area (Å²) >= 11 is 0. The number of rotatable bonds is 8. The van der Waals surface area contributed by atoms with E-state index < -0.39 is 11.9 Å². The maximum atomic E-state index is 10.6. The maximum Gasteiger partial charge on any atom is 0.234 e. The van der Waals surface area contributed by atoms with Gasteiger partial charge in [-0.3, -0.25) is 4.79 Å². The molecule has 0 aliphatic carbocycles. The fourth-order valence-corrected chi connectivity index (χ4v) is 1.21. The van der Waals surface area contributed by atoms with Crippen molar-refractivity contribution in [1.82, 2.24) is 0 Å². The van der Waals surface area contributed by atoms with E-state index in [4.69, 9.17) is 16.2 Å². The highest BCUT2D eigenvalue weighted by atomic mass is 16.5. The van der Waals surface area contributed by atoms with Crippen molar-refractivity contribution in [2.45, 2.75) is 39.2 Å². The molecule has 0 aliphatic rings. The molecule has 4 nitrogen and oxygen atoms in total. The van der Waals surface area contributed by atoms with E-state index in [1.165, 1.54) is 12.8 Å². The normalized spacial score (nSPS) is 15.1. The summed E-state index contributed by atoms with van der Waals surface area (Å²) < 4.78 is 5.38. The molecule has 0 saturated heterocycles. The molecule has 0 aromatic rings. The predicted molar refractivity (Wildman–Crippen MR) is 56.7 cm³/mol. The van der Waals surface area contributed by atoms with E-state index in [-0.39, 0.29) is 0 Å². The lowest BCUT2D eigenvalue weighted by molar-refractivity contribution is -0.119. The second kappa shape index (κ2) is 7.76. The van der Waals surface area contributed by atoms with Gasteiger partial charge in [-0.05, 0) is 18.8 Å². The van der Waals surface area contributed by atoms with Gasteiger partial charge < -0.3 is 16.2 Å². The molecule has 0 radical (unpaired) electrons. The zero-order valence-electron chi connectivity index (χ0n) is 9.16. The number of nitrogens with two attached hydrogens (primary N) is 2. The smallest absolute Gasteiger partial charge is 0.234 e. The topological polar surface area (TPSA) is 78.3 Å². The molecule has 0 heterocycles. The highest BCUT2D eigenvalue weighted by Gasteiger charge is 2.08. The van der Waals surface area contributed by atoms with Gasteiger partial charge in [-0.25, -0.2) is 0 Å². The van der Waals surface area contributed by atoms with Crippen molar-refractivity contribution in [3.8, 4) is 0 Å². The van der Waals surface area contributed by atoms with Gasteiger partial charge in [0.2, 0.25) is 5.91 Å². The third-order valence-electron chi connectivity index (χ3n) is 2.12. The van der Waals surface area contributed by atoms with Crippen LogP contribution in [-0.2, 0) is 9.53 Å². The van der Waals surface area contributed by atoms with E-state index in [9.17, 15) is 4.79 Å². The lowest BCUT2D eigenvalue weighted by Gasteiger charge is -2.12. The van der Waals surface area contributed by atoms with Crippen LogP contribution in [0.3, 0.4) is 0 Å². The molecular formula is C10H22N2O2. The first-order chi connectivity index (χ1) is 6.57. The average Bonchev–Trinajstić information content (AvgIpc) is 2.12. The summed E-state index contributed by atoms with van der Waals surface area (Å²) in [7, 11) is 0. The van der Waals surface area contributed by atoms with Crippen molar-refractivity contribution in [1.29, 1.82) is 0 Å². The Bertz CT molecular complexity index is 162. The first kappa shape index (κ1) is 13.4. The van der Waals surface area contributed by atoms with Gasteiger partial charge in [0.05, 0.1) is 6.04 Å². The predicted octanol–water partition coefficient (Wildman–Crippen LogP) is 0.642. The molecule has 1 amide bonds. The Labute approximate surface area is 86.0 Å². The van der Waals surface area contributed by atoms with Gasteiger partial charge in [0.15, 0.2) is 0 Å². The van der Waals surface area contributed by atoms with Gasteiger partial charge in [-0.15, -0.1) is 0 Å². The van der Waals surface area contributed by atoms with Crippen molar-refractivity contribution < 1.29 is 9.53 Å². The van der Waals surface area contributed by atoms with Gasteiger partial charge in [0.1, 0.15) is 0 Å². The number of ether oxygens (including phenoxy) is 1. The first-order valence-electron chi connectivity index (χ1n) is 5.20. The fourth-order valence-electron chi connectivity index (χ4n) is 1.21. The Balaban J connectivity index is 3.33. The number of hydrogen-bond acceptors (Lipinski definition) is 3. The first-order valence-corrected chi connectivity index (χ1v) is 5.20. The van der Waals surface area contributed by atoms with Crippen molar-refractivity contribution >= 4 is 5.91 Å². The highest BCUT2D eigenvalue weighted by molar-refractivity contribution is 5.79. The fraction of sp³-hybridized carbons (Fsp3) is 0.900. The van der Waals surface area contributed by atoms with Crippen molar-refractivity contribution in [2.75, 3.05) is 13.2 Å². The Morgan fingerprint density at radius 1 is 1.43 bits per heavy atom. The Morgan fingerprint density at radius 2 is 2.07 bits per heavy atom. The monoisotopic (exact) mass is 202 g/mol. The molecule has 0 rings (SSSR count). The van der Waals surface area contributed by atoms with Gasteiger partial charge in [-0.1, -0.05) is 20.3 Å². The van der Waals surface area contributed by atoms with Crippen LogP contribution >= 0.6 is 0 Å². The molecule has 0 spiro atoms. The minimum Gasteiger partial charge on any atom is -0.381 e. The Morgan fingerprint density at radius 3 is 2.57 bits per heavy atom. The summed E-state index contributed by atoms with van der Waals surface area (Å²) in [6.45, 7) is 5.55. The van der Waals surface area contributed by atoms with Crippen LogP contribution in [0.25, 0.3) is 0 Å². The summed E-state index contributed by atoms with van der Waals surface area (Å²) in [6.07, 6.45) is 2.85. The molecule has 4 N–H and O–H groups in total. The third-order valence-corrected chi connectivity index (χ3v) is 2.12. The quantitative estimate of drug-likeness (QED) is 0.567. The molecule has 2 atom stereocenters. The standard InChI is InChI=1S/C10H22N2O2/c1-3-4-8(2)7-14-6-5-9(11)10(12)13/h8-9H,3-7,11H2,1-2H3,(H2,12,13). The van der Waals surface area contributed by atoms with E-state index in [1.54, 1.807) is 0 Å². The molecule has 0 aromatic carbocycles. The summed E-state index contributed by atoms with van der Waals surface area (Å²) in [5.74, 6) is 0.111. The van der Waals surface area contributed by atoms with Gasteiger partial charge in [0, 0.05) is 13.2 Å². The molecule has 14 heavy (non-hydrogen) atoms. The molecule has 0 saturated carbocycles. The number of primary amides is 1. The molecule has 4 heteroatoms. The van der Waals surface area contributed by atoms with Gasteiger partial charge in [0.25, 0.3) is 0 Å². The summed E-state index contributed by atoms with van der Waals surface area (Å²) in [5.41, 5.74) is 10.4. The van der Waals surface area contributed by atoms with Crippen molar-refractivity contribution in [3.63, 3.8) is 0 Å². The molecule has 2 unspecified atom stereocenters. The van der Waals surface area contributed by atoms with Crippen LogP contribution < -0.4 is 11.5 Å². The third kappa shape index (κ3) is 6.86. The maximum absolute atomic E-state index is 10.6. The minimum atomic E-state index is -0.573. The van der Waals surface area contributed by atoms with Crippen LogP contribution in [0.2, 0.25) is 0 Å². The lowest BCUT2D eigenvalue weighted by atomic mass is 10.1. The van der Waals surface area contributed by atoms with E-state index in [2.05, 4.69) is 13.8 Å².